The minimum Gasteiger partial charge on any atom is -0.0651 e. The summed E-state index contributed by atoms with van der Waals surface area (Å²) < 4.78 is 0. The zero-order chi connectivity index (χ0) is 12.1. The maximum atomic E-state index is 3.37. The molecule has 0 N–H and O–H groups in total. The van der Waals surface area contributed by atoms with Crippen LogP contribution in [0.25, 0.3) is 11.1 Å². The van der Waals surface area contributed by atoms with Gasteiger partial charge in [0.1, 0.15) is 0 Å². The van der Waals surface area contributed by atoms with Crippen molar-refractivity contribution in [2.75, 3.05) is 0 Å². The zero-order valence-electron chi connectivity index (χ0n) is 10.7. The lowest BCUT2D eigenvalue weighted by molar-refractivity contribution is 0.922. The van der Waals surface area contributed by atoms with Gasteiger partial charge in [0, 0.05) is 0 Å². The Bertz CT molecular complexity index is 466. The van der Waals surface area contributed by atoms with Crippen LogP contribution < -0.4 is 0 Å². The third-order valence-corrected chi connectivity index (χ3v) is 3.11. The van der Waals surface area contributed by atoms with Crippen molar-refractivity contribution in [1.82, 2.24) is 0 Å². The van der Waals surface area contributed by atoms with Crippen molar-refractivity contribution in [2.45, 2.75) is 33.1 Å². The molecule has 0 aliphatic rings. The summed E-state index contributed by atoms with van der Waals surface area (Å²) in [5.41, 5.74) is 5.37. The van der Waals surface area contributed by atoms with E-state index in [1.54, 1.807) is 0 Å². The van der Waals surface area contributed by atoms with Gasteiger partial charge in [0.15, 0.2) is 0 Å². The molecule has 0 fully saturated rings. The van der Waals surface area contributed by atoms with Crippen molar-refractivity contribution in [3.8, 4) is 11.1 Å². The summed E-state index contributed by atoms with van der Waals surface area (Å²) in [4.78, 5) is 0. The number of aryl methyl sites for hydroxylation is 2. The van der Waals surface area contributed by atoms with E-state index in [4.69, 9.17) is 0 Å². The molecule has 0 saturated carbocycles. The molecular weight excluding hydrogens is 204 g/mol. The molecule has 0 nitrogen and oxygen atoms in total. The first-order valence-corrected chi connectivity index (χ1v) is 6.44. The summed E-state index contributed by atoms with van der Waals surface area (Å²) in [7, 11) is 0. The Morgan fingerprint density at radius 1 is 1.00 bits per heavy atom. The van der Waals surface area contributed by atoms with Crippen LogP contribution in [-0.2, 0) is 12.8 Å². The predicted octanol–water partition coefficient (Wildman–Crippen LogP) is 4.67. The van der Waals surface area contributed by atoms with E-state index in [0.29, 0.717) is 0 Å². The van der Waals surface area contributed by atoms with Gasteiger partial charge in [-0.2, -0.15) is 0 Å². The van der Waals surface area contributed by atoms with Crippen LogP contribution in [0, 0.1) is 6.07 Å². The van der Waals surface area contributed by atoms with Gasteiger partial charge in [-0.15, -0.1) is 0 Å². The van der Waals surface area contributed by atoms with Gasteiger partial charge < -0.3 is 0 Å². The fourth-order valence-electron chi connectivity index (χ4n) is 2.12. The summed E-state index contributed by atoms with van der Waals surface area (Å²) in [6, 6.07) is 18.5. The van der Waals surface area contributed by atoms with Crippen molar-refractivity contribution in [2.24, 2.45) is 0 Å². The van der Waals surface area contributed by atoms with Crippen LogP contribution in [0.4, 0.5) is 0 Å². The molecule has 0 heterocycles. The molecule has 0 bridgehead atoms. The van der Waals surface area contributed by atoms with Gasteiger partial charge >= 0.3 is 0 Å². The monoisotopic (exact) mass is 223 g/mol. The van der Waals surface area contributed by atoms with Gasteiger partial charge in [0.25, 0.3) is 0 Å². The van der Waals surface area contributed by atoms with Gasteiger partial charge in [-0.3, -0.25) is 0 Å². The fraction of sp³-hybridized carbons (Fsp3) is 0.294. The first-order valence-electron chi connectivity index (χ1n) is 6.44. The molecule has 0 atom stereocenters. The molecule has 2 aromatic carbocycles. The molecule has 0 heteroatoms. The van der Waals surface area contributed by atoms with Crippen molar-refractivity contribution < 1.29 is 0 Å². The molecule has 0 spiro atoms. The summed E-state index contributed by atoms with van der Waals surface area (Å²) in [6.45, 7) is 4.40. The topological polar surface area (TPSA) is 0 Å². The summed E-state index contributed by atoms with van der Waals surface area (Å²) in [5.74, 6) is 0. The zero-order valence-corrected chi connectivity index (χ0v) is 10.7. The molecule has 87 valence electrons. The van der Waals surface area contributed by atoms with Crippen LogP contribution in [0.3, 0.4) is 0 Å². The van der Waals surface area contributed by atoms with Gasteiger partial charge in [-0.05, 0) is 41.2 Å². The molecule has 0 aromatic heterocycles. The van der Waals surface area contributed by atoms with E-state index in [2.05, 4.69) is 56.3 Å². The third kappa shape index (κ3) is 2.76. The van der Waals surface area contributed by atoms with E-state index >= 15 is 0 Å². The number of hydrogen-bond donors (Lipinski definition) is 0. The van der Waals surface area contributed by atoms with Crippen molar-refractivity contribution in [1.29, 1.82) is 0 Å². The summed E-state index contributed by atoms with van der Waals surface area (Å²) in [6.07, 6.45) is 3.37. The Labute approximate surface area is 104 Å². The minimum atomic E-state index is 1.10. The number of rotatable bonds is 4. The molecule has 0 aliphatic carbocycles. The average molecular weight is 223 g/mol. The minimum absolute atomic E-state index is 1.10. The molecule has 0 aliphatic heterocycles. The normalized spacial score (nSPS) is 10.5. The number of benzene rings is 2. The van der Waals surface area contributed by atoms with Crippen LogP contribution in [0.5, 0.6) is 0 Å². The van der Waals surface area contributed by atoms with Crippen LogP contribution in [-0.4, -0.2) is 0 Å². The quantitative estimate of drug-likeness (QED) is 0.706. The van der Waals surface area contributed by atoms with Crippen LogP contribution >= 0.6 is 0 Å². The Hall–Kier alpha value is -1.56. The number of hydrogen-bond acceptors (Lipinski definition) is 0. The van der Waals surface area contributed by atoms with Gasteiger partial charge in [-0.1, -0.05) is 62.7 Å². The predicted molar refractivity (Wildman–Crippen MR) is 74.1 cm³/mol. The summed E-state index contributed by atoms with van der Waals surface area (Å²) in [5, 5.41) is 0. The summed E-state index contributed by atoms with van der Waals surface area (Å²) >= 11 is 0. The van der Waals surface area contributed by atoms with Gasteiger partial charge in [-0.25, -0.2) is 0 Å². The third-order valence-electron chi connectivity index (χ3n) is 3.11. The molecular formula is C17H19. The highest BCUT2D eigenvalue weighted by atomic mass is 14.1. The molecule has 1 radical (unpaired) electrons. The lowest BCUT2D eigenvalue weighted by Gasteiger charge is -2.09. The Balaban J connectivity index is 2.37. The standard InChI is InChI=1S/C17H19/c1-3-7-15-8-5-6-9-17(15)16-12-10-14(4-2)11-13-16/h5-6,9-13H,3-4,7H2,1-2H3. The van der Waals surface area contributed by atoms with E-state index in [9.17, 15) is 0 Å². The molecule has 2 aromatic rings. The highest BCUT2D eigenvalue weighted by Crippen LogP contribution is 2.24. The lowest BCUT2D eigenvalue weighted by atomic mass is 9.96. The van der Waals surface area contributed by atoms with E-state index < -0.39 is 0 Å². The second-order valence-electron chi connectivity index (χ2n) is 4.36. The second-order valence-corrected chi connectivity index (χ2v) is 4.36. The Morgan fingerprint density at radius 2 is 1.76 bits per heavy atom. The molecule has 17 heavy (non-hydrogen) atoms. The SMILES string of the molecule is CCCc1[c]cccc1-c1ccc(CC)cc1. The van der Waals surface area contributed by atoms with E-state index in [1.807, 2.05) is 6.07 Å². The maximum Gasteiger partial charge on any atom is -0.0143 e. The van der Waals surface area contributed by atoms with Crippen molar-refractivity contribution in [3.05, 3.63) is 59.7 Å². The molecule has 0 saturated heterocycles. The first-order chi connectivity index (χ1) is 8.35. The van der Waals surface area contributed by atoms with E-state index in [1.165, 1.54) is 28.7 Å². The maximum absolute atomic E-state index is 3.37. The highest BCUT2D eigenvalue weighted by Gasteiger charge is 2.03. The Kier molecular flexibility index (Phi) is 3.98. The van der Waals surface area contributed by atoms with Crippen LogP contribution in [0.15, 0.2) is 42.5 Å². The van der Waals surface area contributed by atoms with Crippen molar-refractivity contribution >= 4 is 0 Å². The van der Waals surface area contributed by atoms with E-state index in [-0.39, 0.29) is 0 Å². The molecule has 0 unspecified atom stereocenters. The molecule has 0 amide bonds. The van der Waals surface area contributed by atoms with Crippen molar-refractivity contribution in [3.63, 3.8) is 0 Å². The molecule has 2 rings (SSSR count). The second kappa shape index (κ2) is 5.67. The average Bonchev–Trinajstić information content (AvgIpc) is 2.40. The van der Waals surface area contributed by atoms with E-state index in [0.717, 1.165) is 12.8 Å². The first kappa shape index (κ1) is 11.9. The lowest BCUT2D eigenvalue weighted by Crippen LogP contribution is -1.89. The Morgan fingerprint density at radius 3 is 2.41 bits per heavy atom. The fourth-order valence-corrected chi connectivity index (χ4v) is 2.12. The van der Waals surface area contributed by atoms with Gasteiger partial charge in [0.05, 0.1) is 0 Å². The smallest absolute Gasteiger partial charge is 0.0143 e. The van der Waals surface area contributed by atoms with Gasteiger partial charge in [0.2, 0.25) is 0 Å². The highest BCUT2D eigenvalue weighted by molar-refractivity contribution is 5.67. The van der Waals surface area contributed by atoms with Crippen LogP contribution in [0.2, 0.25) is 0 Å². The largest absolute Gasteiger partial charge is 0.0651 e. The van der Waals surface area contributed by atoms with Crippen LogP contribution in [0.1, 0.15) is 31.4 Å².